The van der Waals surface area contributed by atoms with Crippen molar-refractivity contribution in [3.05, 3.63) is 23.2 Å². The monoisotopic (exact) mass is 240 g/mol. The average molecular weight is 240 g/mol. The van der Waals surface area contributed by atoms with Crippen molar-refractivity contribution < 1.29 is 14.3 Å². The summed E-state index contributed by atoms with van der Waals surface area (Å²) >= 11 is 1.92. The first-order valence-electron chi connectivity index (χ1n) is 5.61. The van der Waals surface area contributed by atoms with Crippen LogP contribution in [0, 0.1) is 6.92 Å². The summed E-state index contributed by atoms with van der Waals surface area (Å²) in [7, 11) is 0. The minimum Gasteiger partial charge on any atom is -0.475 e. The maximum Gasteiger partial charge on any atom is 0.371 e. The lowest BCUT2D eigenvalue weighted by atomic mass is 10.3. The number of carbonyl (C=O) groups is 1. The number of rotatable bonds is 4. The molecule has 0 radical (unpaired) electrons. The summed E-state index contributed by atoms with van der Waals surface area (Å²) < 4.78 is 5.18. The van der Waals surface area contributed by atoms with E-state index in [1.54, 1.807) is 6.07 Å². The van der Waals surface area contributed by atoms with E-state index in [2.05, 4.69) is 0 Å². The maximum absolute atomic E-state index is 10.7. The lowest BCUT2D eigenvalue weighted by Crippen LogP contribution is -1.95. The van der Waals surface area contributed by atoms with Crippen molar-refractivity contribution in [3.8, 4) is 0 Å². The van der Waals surface area contributed by atoms with Crippen molar-refractivity contribution in [3.63, 3.8) is 0 Å². The van der Waals surface area contributed by atoms with E-state index >= 15 is 0 Å². The first-order chi connectivity index (χ1) is 7.66. The van der Waals surface area contributed by atoms with E-state index in [0.717, 1.165) is 22.3 Å². The molecule has 1 aliphatic carbocycles. The normalized spacial score (nSPS) is 16.8. The zero-order chi connectivity index (χ0) is 11.5. The number of hydrogen-bond acceptors (Lipinski definition) is 3. The van der Waals surface area contributed by atoms with E-state index in [4.69, 9.17) is 9.52 Å². The summed E-state index contributed by atoms with van der Waals surface area (Å²) in [4.78, 5) is 10.7. The second kappa shape index (κ2) is 4.95. The number of carboxylic acids is 1. The van der Waals surface area contributed by atoms with Gasteiger partial charge < -0.3 is 9.52 Å². The largest absolute Gasteiger partial charge is 0.475 e. The number of carboxylic acid groups (broad SMARTS) is 1. The third-order valence-corrected chi connectivity index (χ3v) is 4.43. The van der Waals surface area contributed by atoms with Crippen molar-refractivity contribution in [2.24, 2.45) is 0 Å². The number of hydrogen-bond donors (Lipinski definition) is 1. The molecule has 1 heterocycles. The Morgan fingerprint density at radius 2 is 2.25 bits per heavy atom. The minimum absolute atomic E-state index is 0.0551. The van der Waals surface area contributed by atoms with Gasteiger partial charge in [-0.15, -0.1) is 0 Å². The molecule has 1 aliphatic rings. The summed E-state index contributed by atoms with van der Waals surface area (Å²) in [6.45, 7) is 1.83. The van der Waals surface area contributed by atoms with Crippen molar-refractivity contribution in [1.82, 2.24) is 0 Å². The molecule has 4 heteroatoms. The molecule has 0 aromatic carbocycles. The van der Waals surface area contributed by atoms with Gasteiger partial charge in [0.15, 0.2) is 0 Å². The van der Waals surface area contributed by atoms with Crippen molar-refractivity contribution in [1.29, 1.82) is 0 Å². The van der Waals surface area contributed by atoms with Gasteiger partial charge in [0.25, 0.3) is 0 Å². The Labute approximate surface area is 99.2 Å². The molecule has 0 unspecified atom stereocenters. The zero-order valence-corrected chi connectivity index (χ0v) is 10.2. The van der Waals surface area contributed by atoms with Crippen LogP contribution in [0.5, 0.6) is 0 Å². The average Bonchev–Trinajstić information content (AvgIpc) is 2.84. The fourth-order valence-electron chi connectivity index (χ4n) is 2.03. The highest BCUT2D eigenvalue weighted by atomic mass is 32.2. The van der Waals surface area contributed by atoms with Crippen molar-refractivity contribution in [2.45, 2.75) is 43.6 Å². The summed E-state index contributed by atoms with van der Waals surface area (Å²) in [5.74, 6) is 0.676. The Hall–Kier alpha value is -0.900. The summed E-state index contributed by atoms with van der Waals surface area (Å²) in [5, 5.41) is 9.55. The molecule has 0 atom stereocenters. The molecule has 1 saturated carbocycles. The summed E-state index contributed by atoms with van der Waals surface area (Å²) in [6.07, 6.45) is 5.27. The van der Waals surface area contributed by atoms with Crippen LogP contribution in [-0.4, -0.2) is 16.3 Å². The quantitative estimate of drug-likeness (QED) is 0.875. The highest BCUT2D eigenvalue weighted by Gasteiger charge is 2.18. The molecule has 16 heavy (non-hydrogen) atoms. The van der Waals surface area contributed by atoms with E-state index in [0.29, 0.717) is 0 Å². The van der Waals surface area contributed by atoms with Crippen LogP contribution in [0.4, 0.5) is 0 Å². The van der Waals surface area contributed by atoms with Gasteiger partial charge in [0, 0.05) is 16.6 Å². The number of aromatic carboxylic acids is 1. The van der Waals surface area contributed by atoms with E-state index < -0.39 is 5.97 Å². The second-order valence-electron chi connectivity index (χ2n) is 4.21. The Kier molecular flexibility index (Phi) is 3.59. The molecule has 0 bridgehead atoms. The Bertz CT molecular complexity index is 378. The van der Waals surface area contributed by atoms with Gasteiger partial charge in [-0.1, -0.05) is 12.8 Å². The summed E-state index contributed by atoms with van der Waals surface area (Å²) in [5.41, 5.74) is 1.02. The van der Waals surface area contributed by atoms with Gasteiger partial charge in [0.2, 0.25) is 5.76 Å². The van der Waals surface area contributed by atoms with Crippen LogP contribution in [0.15, 0.2) is 10.5 Å². The van der Waals surface area contributed by atoms with Crippen LogP contribution in [0.3, 0.4) is 0 Å². The fraction of sp³-hybridized carbons (Fsp3) is 0.583. The Morgan fingerprint density at radius 3 is 2.81 bits per heavy atom. The number of aryl methyl sites for hydroxylation is 1. The molecule has 1 N–H and O–H groups in total. The standard InChI is InChI=1S/C12H16O3S/c1-8-9(6-11(15-8)12(13)14)7-16-10-4-2-3-5-10/h6,10H,2-5,7H2,1H3,(H,13,14). The van der Waals surface area contributed by atoms with Crippen LogP contribution in [0.2, 0.25) is 0 Å². The SMILES string of the molecule is Cc1oc(C(=O)O)cc1CSC1CCCC1. The first-order valence-corrected chi connectivity index (χ1v) is 6.66. The smallest absolute Gasteiger partial charge is 0.371 e. The van der Waals surface area contributed by atoms with Gasteiger partial charge in [-0.05, 0) is 25.8 Å². The van der Waals surface area contributed by atoms with Gasteiger partial charge in [0.1, 0.15) is 5.76 Å². The first kappa shape index (κ1) is 11.6. The Balaban J connectivity index is 1.95. The van der Waals surface area contributed by atoms with Gasteiger partial charge in [-0.2, -0.15) is 11.8 Å². The highest BCUT2D eigenvalue weighted by Crippen LogP contribution is 2.32. The molecule has 0 spiro atoms. The second-order valence-corrected chi connectivity index (χ2v) is 5.50. The molecule has 1 fully saturated rings. The van der Waals surface area contributed by atoms with Crippen LogP contribution < -0.4 is 0 Å². The highest BCUT2D eigenvalue weighted by molar-refractivity contribution is 7.99. The van der Waals surface area contributed by atoms with Crippen LogP contribution in [0.25, 0.3) is 0 Å². The van der Waals surface area contributed by atoms with Crippen molar-refractivity contribution in [2.75, 3.05) is 0 Å². The van der Waals surface area contributed by atoms with E-state index in [1.165, 1.54) is 25.7 Å². The summed E-state index contributed by atoms with van der Waals surface area (Å²) in [6, 6.07) is 1.65. The van der Waals surface area contributed by atoms with Gasteiger partial charge in [-0.3, -0.25) is 0 Å². The van der Waals surface area contributed by atoms with Gasteiger partial charge in [-0.25, -0.2) is 4.79 Å². The third-order valence-electron chi connectivity index (χ3n) is 3.01. The molecule has 3 nitrogen and oxygen atoms in total. The van der Waals surface area contributed by atoms with Crippen LogP contribution in [-0.2, 0) is 5.75 Å². The molecule has 0 amide bonds. The van der Waals surface area contributed by atoms with Crippen molar-refractivity contribution >= 4 is 17.7 Å². The molecule has 0 aliphatic heterocycles. The van der Waals surface area contributed by atoms with Gasteiger partial charge in [0.05, 0.1) is 0 Å². The molecule has 2 rings (SSSR count). The Morgan fingerprint density at radius 1 is 1.56 bits per heavy atom. The van der Waals surface area contributed by atoms with Crippen LogP contribution in [0.1, 0.15) is 47.6 Å². The minimum atomic E-state index is -0.986. The number of thioether (sulfide) groups is 1. The molecular weight excluding hydrogens is 224 g/mol. The maximum atomic E-state index is 10.7. The molecule has 1 aromatic rings. The third kappa shape index (κ3) is 2.61. The predicted octanol–water partition coefficient (Wildman–Crippen LogP) is 3.46. The zero-order valence-electron chi connectivity index (χ0n) is 9.36. The number of furan rings is 1. The lowest BCUT2D eigenvalue weighted by molar-refractivity contribution is 0.0661. The van der Waals surface area contributed by atoms with E-state index in [-0.39, 0.29) is 5.76 Å². The van der Waals surface area contributed by atoms with Crippen LogP contribution >= 0.6 is 11.8 Å². The topological polar surface area (TPSA) is 50.4 Å². The molecular formula is C12H16O3S. The lowest BCUT2D eigenvalue weighted by Gasteiger charge is -2.07. The molecule has 1 aromatic heterocycles. The fourth-order valence-corrected chi connectivity index (χ4v) is 3.40. The van der Waals surface area contributed by atoms with E-state index in [1.807, 2.05) is 18.7 Å². The van der Waals surface area contributed by atoms with E-state index in [9.17, 15) is 4.79 Å². The molecule has 88 valence electrons. The molecule has 0 saturated heterocycles. The van der Waals surface area contributed by atoms with Gasteiger partial charge >= 0.3 is 5.97 Å². The predicted molar refractivity (Wildman–Crippen MR) is 64.0 cm³/mol.